The van der Waals surface area contributed by atoms with Gasteiger partial charge in [-0.25, -0.2) is 4.79 Å². The van der Waals surface area contributed by atoms with Gasteiger partial charge in [0.25, 0.3) is 0 Å². The van der Waals surface area contributed by atoms with Gasteiger partial charge in [-0.2, -0.15) is 0 Å². The summed E-state index contributed by atoms with van der Waals surface area (Å²) < 4.78 is 0. The molecule has 0 aliphatic carbocycles. The molecule has 0 bridgehead atoms. The van der Waals surface area contributed by atoms with Crippen molar-refractivity contribution >= 4 is 11.7 Å². The molecule has 4 nitrogen and oxygen atoms in total. The minimum atomic E-state index is -1.21. The zero-order valence-corrected chi connectivity index (χ0v) is 5.93. The normalized spacial score (nSPS) is 10.8. The van der Waals surface area contributed by atoms with E-state index < -0.39 is 11.7 Å². The first kappa shape index (κ1) is 8.68. The van der Waals surface area contributed by atoms with Crippen molar-refractivity contribution in [2.75, 3.05) is 7.05 Å². The zero-order chi connectivity index (χ0) is 8.15. The predicted octanol–water partition coefficient (Wildman–Crippen LogP) is 0.214. The molecule has 10 heavy (non-hydrogen) atoms. The molecular weight excluding hydrogens is 132 g/mol. The molecule has 0 aromatic heterocycles. The quantitative estimate of drug-likeness (QED) is 0.493. The van der Waals surface area contributed by atoms with E-state index in [1.165, 1.54) is 6.08 Å². The fourth-order valence-corrected chi connectivity index (χ4v) is 0.350. The number of nitrogens with one attached hydrogen (secondary N) is 2. The van der Waals surface area contributed by atoms with E-state index in [1.54, 1.807) is 14.0 Å². The Morgan fingerprint density at radius 2 is 2.20 bits per heavy atom. The second-order valence-corrected chi connectivity index (χ2v) is 1.80. The van der Waals surface area contributed by atoms with Gasteiger partial charge < -0.3 is 10.4 Å². The second kappa shape index (κ2) is 3.66. The summed E-state index contributed by atoms with van der Waals surface area (Å²) >= 11 is 0. The second-order valence-electron chi connectivity index (χ2n) is 1.80. The van der Waals surface area contributed by atoms with Gasteiger partial charge in [0.05, 0.1) is 0 Å². The molecule has 0 saturated heterocycles. The average molecular weight is 142 g/mol. The van der Waals surface area contributed by atoms with Crippen LogP contribution >= 0.6 is 0 Å². The van der Waals surface area contributed by atoms with Crippen LogP contribution in [0.2, 0.25) is 0 Å². The lowest BCUT2D eigenvalue weighted by molar-refractivity contribution is -0.129. The highest BCUT2D eigenvalue weighted by Crippen LogP contribution is 1.85. The van der Waals surface area contributed by atoms with Crippen molar-refractivity contribution < 1.29 is 9.90 Å². The Bertz CT molecular complexity index is 184. The zero-order valence-electron chi connectivity index (χ0n) is 5.93. The highest BCUT2D eigenvalue weighted by Gasteiger charge is 2.01. The van der Waals surface area contributed by atoms with Crippen LogP contribution in [0.3, 0.4) is 0 Å². The van der Waals surface area contributed by atoms with Crippen LogP contribution in [0.25, 0.3) is 0 Å². The molecule has 0 spiro atoms. The summed E-state index contributed by atoms with van der Waals surface area (Å²) in [6.07, 6.45) is 1.25. The molecule has 0 saturated carbocycles. The third-order valence-corrected chi connectivity index (χ3v) is 0.986. The predicted molar refractivity (Wildman–Crippen MR) is 38.2 cm³/mol. The lowest BCUT2D eigenvalue weighted by Crippen LogP contribution is -2.11. The number of hydrogen-bond donors (Lipinski definition) is 3. The minimum absolute atomic E-state index is 0.410. The molecule has 0 amide bonds. The van der Waals surface area contributed by atoms with Gasteiger partial charge in [0, 0.05) is 12.7 Å². The summed E-state index contributed by atoms with van der Waals surface area (Å²) in [6.45, 7) is 1.69. The molecule has 0 atom stereocenters. The standard InChI is InChI=1S/C6H10N2O2/c1-4(8-2)3-5(7)6(9)10/h3,7-8H,1-2H3,(H,9,10)/b4-3-,7-5?. The molecule has 0 radical (unpaired) electrons. The Morgan fingerprint density at radius 1 is 1.70 bits per heavy atom. The van der Waals surface area contributed by atoms with Crippen LogP contribution in [0.4, 0.5) is 0 Å². The summed E-state index contributed by atoms with van der Waals surface area (Å²) in [5.41, 5.74) is 0.249. The molecule has 0 heterocycles. The van der Waals surface area contributed by atoms with Crippen LogP contribution in [0, 0.1) is 5.41 Å². The molecular formula is C6H10N2O2. The lowest BCUT2D eigenvalue weighted by Gasteiger charge is -1.96. The highest BCUT2D eigenvalue weighted by molar-refractivity contribution is 6.39. The molecule has 4 heteroatoms. The van der Waals surface area contributed by atoms with Gasteiger partial charge >= 0.3 is 5.97 Å². The fourth-order valence-electron chi connectivity index (χ4n) is 0.350. The van der Waals surface area contributed by atoms with Gasteiger partial charge in [-0.1, -0.05) is 0 Å². The van der Waals surface area contributed by atoms with Gasteiger partial charge in [0.2, 0.25) is 0 Å². The number of allylic oxidation sites excluding steroid dienone is 1. The number of rotatable bonds is 3. The van der Waals surface area contributed by atoms with Gasteiger partial charge in [-0.05, 0) is 13.0 Å². The smallest absolute Gasteiger partial charge is 0.353 e. The first-order chi connectivity index (χ1) is 4.57. The van der Waals surface area contributed by atoms with E-state index in [9.17, 15) is 4.79 Å². The van der Waals surface area contributed by atoms with E-state index in [0.29, 0.717) is 5.70 Å². The van der Waals surface area contributed by atoms with Crippen molar-refractivity contribution in [3.63, 3.8) is 0 Å². The topological polar surface area (TPSA) is 73.2 Å². The van der Waals surface area contributed by atoms with Crippen molar-refractivity contribution in [2.24, 2.45) is 0 Å². The van der Waals surface area contributed by atoms with Crippen molar-refractivity contribution in [2.45, 2.75) is 6.92 Å². The summed E-state index contributed by atoms with van der Waals surface area (Å²) in [4.78, 5) is 10.1. The van der Waals surface area contributed by atoms with Crippen LogP contribution in [-0.4, -0.2) is 23.8 Å². The third kappa shape index (κ3) is 2.86. The molecule has 3 N–H and O–H groups in total. The highest BCUT2D eigenvalue weighted by atomic mass is 16.4. The Balaban J connectivity index is 4.13. The first-order valence-electron chi connectivity index (χ1n) is 2.76. The largest absolute Gasteiger partial charge is 0.477 e. The Labute approximate surface area is 59.1 Å². The Morgan fingerprint density at radius 3 is 2.50 bits per heavy atom. The molecule has 0 fully saturated rings. The Hall–Kier alpha value is -1.32. The van der Waals surface area contributed by atoms with Gasteiger partial charge in [0.1, 0.15) is 5.71 Å². The van der Waals surface area contributed by atoms with Crippen LogP contribution < -0.4 is 5.32 Å². The van der Waals surface area contributed by atoms with Crippen molar-refractivity contribution in [3.8, 4) is 0 Å². The molecule has 56 valence electrons. The van der Waals surface area contributed by atoms with E-state index >= 15 is 0 Å². The summed E-state index contributed by atoms with van der Waals surface area (Å²) in [5.74, 6) is -1.21. The Kier molecular flexibility index (Phi) is 3.17. The van der Waals surface area contributed by atoms with Crippen LogP contribution in [0.5, 0.6) is 0 Å². The van der Waals surface area contributed by atoms with E-state index in [0.717, 1.165) is 0 Å². The molecule has 0 aromatic carbocycles. The number of carbonyl (C=O) groups is 1. The number of hydrogen-bond acceptors (Lipinski definition) is 3. The van der Waals surface area contributed by atoms with Crippen molar-refractivity contribution in [1.29, 1.82) is 5.41 Å². The summed E-state index contributed by atoms with van der Waals surface area (Å²) in [7, 11) is 1.67. The van der Waals surface area contributed by atoms with E-state index in [1.807, 2.05) is 0 Å². The molecule has 0 aliphatic heterocycles. The van der Waals surface area contributed by atoms with E-state index in [4.69, 9.17) is 10.5 Å². The maximum absolute atomic E-state index is 10.1. The average Bonchev–Trinajstić information content (AvgIpc) is 1.87. The number of carboxylic acid groups (broad SMARTS) is 1. The van der Waals surface area contributed by atoms with E-state index in [-0.39, 0.29) is 0 Å². The molecule has 0 rings (SSSR count). The van der Waals surface area contributed by atoms with Gasteiger partial charge in [0.15, 0.2) is 0 Å². The molecule has 0 unspecified atom stereocenters. The molecule has 0 aliphatic rings. The van der Waals surface area contributed by atoms with E-state index in [2.05, 4.69) is 5.32 Å². The van der Waals surface area contributed by atoms with Crippen molar-refractivity contribution in [3.05, 3.63) is 11.8 Å². The minimum Gasteiger partial charge on any atom is -0.477 e. The van der Waals surface area contributed by atoms with Crippen LogP contribution in [0.1, 0.15) is 6.92 Å². The van der Waals surface area contributed by atoms with Crippen LogP contribution in [-0.2, 0) is 4.79 Å². The molecule has 0 aromatic rings. The lowest BCUT2D eigenvalue weighted by atomic mass is 10.3. The first-order valence-corrected chi connectivity index (χ1v) is 2.76. The summed E-state index contributed by atoms with van der Waals surface area (Å²) in [5, 5.41) is 17.8. The monoisotopic (exact) mass is 142 g/mol. The fraction of sp³-hybridized carbons (Fsp3) is 0.333. The number of carboxylic acids is 1. The maximum Gasteiger partial charge on any atom is 0.353 e. The van der Waals surface area contributed by atoms with Gasteiger partial charge in [-0.3, -0.25) is 5.41 Å². The third-order valence-electron chi connectivity index (χ3n) is 0.986. The van der Waals surface area contributed by atoms with Crippen LogP contribution in [0.15, 0.2) is 11.8 Å². The SMILES string of the molecule is CN/C(C)=C\C(=N)C(=O)O. The maximum atomic E-state index is 10.1. The number of aliphatic carboxylic acids is 1. The van der Waals surface area contributed by atoms with Gasteiger partial charge in [-0.15, -0.1) is 0 Å². The summed E-state index contributed by atoms with van der Waals surface area (Å²) in [6, 6.07) is 0. The van der Waals surface area contributed by atoms with Crippen molar-refractivity contribution in [1.82, 2.24) is 5.32 Å².